The molecule has 134 valence electrons. The lowest BCUT2D eigenvalue weighted by Gasteiger charge is -2.03. The number of rotatable bonds is 6. The number of aryl methyl sites for hydroxylation is 1. The van der Waals surface area contributed by atoms with Crippen LogP contribution in [0.4, 0.5) is 5.13 Å². The van der Waals surface area contributed by atoms with Crippen molar-refractivity contribution in [1.82, 2.24) is 4.98 Å². The molecule has 26 heavy (non-hydrogen) atoms. The molecule has 0 amide bonds. The smallest absolute Gasteiger partial charge is 0.204 e. The topological polar surface area (TPSA) is 46.5 Å². The molecule has 2 aromatic carbocycles. The van der Waals surface area contributed by atoms with Crippen LogP contribution < -0.4 is 10.2 Å². The van der Waals surface area contributed by atoms with Gasteiger partial charge in [0.2, 0.25) is 5.13 Å². The lowest BCUT2D eigenvalue weighted by molar-refractivity contribution is 0.340. The second kappa shape index (κ2) is 8.54. The highest BCUT2D eigenvalue weighted by Crippen LogP contribution is 2.31. The summed E-state index contributed by atoms with van der Waals surface area (Å²) < 4.78 is 5.48. The van der Waals surface area contributed by atoms with Crippen molar-refractivity contribution in [2.45, 2.75) is 13.8 Å². The van der Waals surface area contributed by atoms with Gasteiger partial charge in [-0.2, -0.15) is 5.10 Å². The van der Waals surface area contributed by atoms with Crippen molar-refractivity contribution in [2.24, 2.45) is 5.10 Å². The number of hydrogen-bond acceptors (Lipinski definition) is 5. The van der Waals surface area contributed by atoms with Gasteiger partial charge in [-0.15, -0.1) is 11.3 Å². The summed E-state index contributed by atoms with van der Waals surface area (Å²) >= 11 is 13.8. The van der Waals surface area contributed by atoms with E-state index in [9.17, 15) is 0 Å². The van der Waals surface area contributed by atoms with Crippen LogP contribution in [-0.4, -0.2) is 17.8 Å². The minimum atomic E-state index is 0.549. The van der Waals surface area contributed by atoms with Crippen LogP contribution in [0.3, 0.4) is 0 Å². The summed E-state index contributed by atoms with van der Waals surface area (Å²) in [5.41, 5.74) is 5.57. The highest BCUT2D eigenvalue weighted by molar-refractivity contribution is 7.16. The minimum absolute atomic E-state index is 0.549. The second-order valence-electron chi connectivity index (χ2n) is 5.39. The van der Waals surface area contributed by atoms with E-state index in [2.05, 4.69) is 15.5 Å². The largest absolute Gasteiger partial charge is 0.494 e. The number of hydrazone groups is 1. The third kappa shape index (κ3) is 4.36. The zero-order valence-corrected chi connectivity index (χ0v) is 16.6. The van der Waals surface area contributed by atoms with Crippen molar-refractivity contribution in [1.29, 1.82) is 0 Å². The van der Waals surface area contributed by atoms with E-state index in [4.69, 9.17) is 27.9 Å². The number of nitrogens with one attached hydrogen (secondary N) is 1. The van der Waals surface area contributed by atoms with Crippen molar-refractivity contribution in [2.75, 3.05) is 12.0 Å². The van der Waals surface area contributed by atoms with Gasteiger partial charge in [0, 0.05) is 16.0 Å². The third-order valence-electron chi connectivity index (χ3n) is 3.59. The highest BCUT2D eigenvalue weighted by atomic mass is 35.5. The molecule has 3 rings (SSSR count). The van der Waals surface area contributed by atoms with Crippen LogP contribution in [0, 0.1) is 6.92 Å². The average Bonchev–Trinajstić information content (AvgIpc) is 2.99. The van der Waals surface area contributed by atoms with Crippen LogP contribution >= 0.6 is 34.5 Å². The Balaban J connectivity index is 1.75. The fourth-order valence-electron chi connectivity index (χ4n) is 2.37. The number of thiazole rings is 1. The lowest BCUT2D eigenvalue weighted by Crippen LogP contribution is -1.92. The SMILES string of the molecule is CCOc1ccc(-c2nc(N/N=C\c3c(Cl)cccc3Cl)sc2C)cc1. The molecule has 7 heteroatoms. The van der Waals surface area contributed by atoms with Crippen LogP contribution in [0.2, 0.25) is 10.0 Å². The van der Waals surface area contributed by atoms with E-state index >= 15 is 0 Å². The van der Waals surface area contributed by atoms with Gasteiger partial charge in [-0.3, -0.25) is 5.43 Å². The first-order valence-electron chi connectivity index (χ1n) is 8.02. The Labute approximate surface area is 166 Å². The minimum Gasteiger partial charge on any atom is -0.494 e. The molecule has 0 spiro atoms. The molecule has 0 aliphatic heterocycles. The average molecular weight is 406 g/mol. The first-order chi connectivity index (χ1) is 12.6. The zero-order chi connectivity index (χ0) is 18.5. The molecular weight excluding hydrogens is 389 g/mol. The molecule has 1 heterocycles. The molecular formula is C19H17Cl2N3OS. The summed E-state index contributed by atoms with van der Waals surface area (Å²) in [6.07, 6.45) is 1.60. The highest BCUT2D eigenvalue weighted by Gasteiger charge is 2.10. The van der Waals surface area contributed by atoms with E-state index in [1.807, 2.05) is 38.1 Å². The van der Waals surface area contributed by atoms with E-state index in [0.29, 0.717) is 27.3 Å². The molecule has 0 saturated carbocycles. The van der Waals surface area contributed by atoms with Gasteiger partial charge in [-0.05, 0) is 50.2 Å². The summed E-state index contributed by atoms with van der Waals surface area (Å²) in [4.78, 5) is 5.72. The van der Waals surface area contributed by atoms with Gasteiger partial charge in [-0.25, -0.2) is 4.98 Å². The van der Waals surface area contributed by atoms with E-state index in [0.717, 1.165) is 21.9 Å². The van der Waals surface area contributed by atoms with Gasteiger partial charge in [0.15, 0.2) is 0 Å². The first kappa shape index (κ1) is 18.7. The molecule has 0 unspecified atom stereocenters. The summed E-state index contributed by atoms with van der Waals surface area (Å²) in [6, 6.07) is 13.2. The number of halogens is 2. The third-order valence-corrected chi connectivity index (χ3v) is 5.12. The number of anilines is 1. The molecule has 0 saturated heterocycles. The van der Waals surface area contributed by atoms with Gasteiger partial charge in [0.25, 0.3) is 0 Å². The number of nitrogens with zero attached hydrogens (tertiary/aromatic N) is 2. The Morgan fingerprint density at radius 3 is 2.50 bits per heavy atom. The maximum atomic E-state index is 6.13. The summed E-state index contributed by atoms with van der Waals surface area (Å²) in [5.74, 6) is 0.851. The van der Waals surface area contributed by atoms with Gasteiger partial charge in [0.1, 0.15) is 5.75 Å². The fraction of sp³-hybridized carbons (Fsp3) is 0.158. The first-order valence-corrected chi connectivity index (χ1v) is 9.59. The van der Waals surface area contributed by atoms with Gasteiger partial charge < -0.3 is 4.74 Å². The molecule has 3 aromatic rings. The predicted octanol–water partition coefficient (Wildman–Crippen LogP) is 6.27. The van der Waals surface area contributed by atoms with Crippen molar-refractivity contribution in [3.05, 3.63) is 63.0 Å². The van der Waals surface area contributed by atoms with Crippen molar-refractivity contribution >= 4 is 45.9 Å². The van der Waals surface area contributed by atoms with Crippen molar-refractivity contribution < 1.29 is 4.74 Å². The molecule has 1 aromatic heterocycles. The Kier molecular flexibility index (Phi) is 6.14. The lowest BCUT2D eigenvalue weighted by atomic mass is 10.1. The summed E-state index contributed by atoms with van der Waals surface area (Å²) in [7, 11) is 0. The number of benzene rings is 2. The van der Waals surface area contributed by atoms with E-state index in [-0.39, 0.29) is 0 Å². The quantitative estimate of drug-likeness (QED) is 0.388. The van der Waals surface area contributed by atoms with Crippen LogP contribution in [-0.2, 0) is 0 Å². The monoisotopic (exact) mass is 405 g/mol. The Bertz CT molecular complexity index is 903. The standard InChI is InChI=1S/C19H17Cl2N3OS/c1-3-25-14-9-7-13(8-10-14)18-12(2)26-19(23-18)24-22-11-15-16(20)5-4-6-17(15)21/h4-11H,3H2,1-2H3,(H,23,24)/b22-11-. The molecule has 0 aliphatic carbocycles. The van der Waals surface area contributed by atoms with Crippen LogP contribution in [0.5, 0.6) is 5.75 Å². The van der Waals surface area contributed by atoms with E-state index in [1.54, 1.807) is 24.4 Å². The molecule has 0 aliphatic rings. The molecule has 4 nitrogen and oxygen atoms in total. The molecule has 0 radical (unpaired) electrons. The Hall–Kier alpha value is -2.08. The Morgan fingerprint density at radius 1 is 1.15 bits per heavy atom. The molecule has 1 N–H and O–H groups in total. The summed E-state index contributed by atoms with van der Waals surface area (Å²) in [5, 5.41) is 6.00. The van der Waals surface area contributed by atoms with Crippen LogP contribution in [0.15, 0.2) is 47.6 Å². The zero-order valence-electron chi connectivity index (χ0n) is 14.3. The normalized spacial score (nSPS) is 11.1. The van der Waals surface area contributed by atoms with Crippen LogP contribution in [0.25, 0.3) is 11.3 Å². The van der Waals surface area contributed by atoms with Crippen molar-refractivity contribution in [3.8, 4) is 17.0 Å². The number of aromatic nitrogens is 1. The van der Waals surface area contributed by atoms with Gasteiger partial charge in [-0.1, -0.05) is 29.3 Å². The molecule has 0 atom stereocenters. The van der Waals surface area contributed by atoms with Crippen molar-refractivity contribution in [3.63, 3.8) is 0 Å². The Morgan fingerprint density at radius 2 is 1.85 bits per heavy atom. The number of ether oxygens (including phenoxy) is 1. The van der Waals surface area contributed by atoms with E-state index < -0.39 is 0 Å². The summed E-state index contributed by atoms with van der Waals surface area (Å²) in [6.45, 7) is 4.65. The number of hydrogen-bond donors (Lipinski definition) is 1. The predicted molar refractivity (Wildman–Crippen MR) is 111 cm³/mol. The fourth-order valence-corrected chi connectivity index (χ4v) is 3.65. The van der Waals surface area contributed by atoms with E-state index in [1.165, 1.54) is 11.3 Å². The maximum absolute atomic E-state index is 6.13. The maximum Gasteiger partial charge on any atom is 0.204 e. The van der Waals surface area contributed by atoms with Gasteiger partial charge in [0.05, 0.1) is 28.6 Å². The van der Waals surface area contributed by atoms with Gasteiger partial charge >= 0.3 is 0 Å². The molecule has 0 fully saturated rings. The molecule has 0 bridgehead atoms. The van der Waals surface area contributed by atoms with Crippen LogP contribution in [0.1, 0.15) is 17.4 Å². The second-order valence-corrected chi connectivity index (χ2v) is 7.40.